The van der Waals surface area contributed by atoms with Crippen molar-refractivity contribution in [3.8, 4) is 11.1 Å². The zero-order valence-corrected chi connectivity index (χ0v) is 18.2. The Hall–Kier alpha value is -1.40. The van der Waals surface area contributed by atoms with E-state index in [1.54, 1.807) is 0 Å². The van der Waals surface area contributed by atoms with Crippen LogP contribution in [0.1, 0.15) is 11.1 Å². The number of fused-ring (bicyclic) bond motifs is 5. The minimum absolute atomic E-state index is 0. The van der Waals surface area contributed by atoms with Gasteiger partial charge in [-0.3, -0.25) is 0 Å². The van der Waals surface area contributed by atoms with Crippen molar-refractivity contribution in [1.82, 2.24) is 0 Å². The zero-order chi connectivity index (χ0) is 16.8. The average Bonchev–Trinajstić information content (AvgIpc) is 3.35. The molecular formula is C23H18Cl2Zr-2. The Bertz CT molecular complexity index is 913. The summed E-state index contributed by atoms with van der Waals surface area (Å²) in [5, 5.41) is 2.57. The molecule has 26 heavy (non-hydrogen) atoms. The Morgan fingerprint density at radius 3 is 2.23 bits per heavy atom. The van der Waals surface area contributed by atoms with E-state index in [1.165, 1.54) is 57.3 Å². The molecule has 0 saturated heterocycles. The Balaban J connectivity index is 0.000000325. The van der Waals surface area contributed by atoms with Crippen molar-refractivity contribution in [3.63, 3.8) is 0 Å². The fraction of sp³-hybridized carbons (Fsp3) is 0.0435. The zero-order valence-electron chi connectivity index (χ0n) is 14.3. The maximum Gasteiger partial charge on any atom is -0.0246 e. The van der Waals surface area contributed by atoms with Crippen molar-refractivity contribution in [1.29, 1.82) is 0 Å². The van der Waals surface area contributed by atoms with Crippen LogP contribution in [-0.4, -0.2) is 4.21 Å². The summed E-state index contributed by atoms with van der Waals surface area (Å²) in [5.74, 6) is 0. The van der Waals surface area contributed by atoms with E-state index in [0.717, 1.165) is 6.42 Å². The van der Waals surface area contributed by atoms with Gasteiger partial charge in [-0.25, -0.2) is 12.1 Å². The van der Waals surface area contributed by atoms with Gasteiger partial charge in [0.25, 0.3) is 0 Å². The van der Waals surface area contributed by atoms with Gasteiger partial charge < -0.3 is 24.8 Å². The molecule has 0 N–H and O–H groups in total. The van der Waals surface area contributed by atoms with Crippen LogP contribution >= 0.6 is 0 Å². The number of hydrogen-bond acceptors (Lipinski definition) is 0. The van der Waals surface area contributed by atoms with Crippen LogP contribution in [0.4, 0.5) is 0 Å². The van der Waals surface area contributed by atoms with E-state index in [9.17, 15) is 0 Å². The maximum atomic E-state index is 3.39. The van der Waals surface area contributed by atoms with E-state index in [4.69, 9.17) is 0 Å². The van der Waals surface area contributed by atoms with Gasteiger partial charge in [0, 0.05) is 0 Å². The SMILES string of the molecule is [CH2]=[Zr+2].[Cl-].[Cl-].[c-]1cccc2ccc3c(c12)Cc1ccccc1-3.c1cc[cH-]c1. The first-order chi connectivity index (χ1) is 11.9. The van der Waals surface area contributed by atoms with E-state index in [-0.39, 0.29) is 24.8 Å². The molecule has 0 fully saturated rings. The van der Waals surface area contributed by atoms with Gasteiger partial charge in [-0.2, -0.15) is 18.2 Å². The molecule has 0 aliphatic heterocycles. The Morgan fingerprint density at radius 1 is 0.808 bits per heavy atom. The predicted octanol–water partition coefficient (Wildman–Crippen LogP) is -0.410. The van der Waals surface area contributed by atoms with Crippen LogP contribution in [0.5, 0.6) is 0 Å². The summed E-state index contributed by atoms with van der Waals surface area (Å²) in [6, 6.07) is 32.7. The van der Waals surface area contributed by atoms with Crippen LogP contribution in [0.2, 0.25) is 0 Å². The van der Waals surface area contributed by atoms with E-state index < -0.39 is 0 Å². The predicted molar refractivity (Wildman–Crippen MR) is 100 cm³/mol. The molecular weight excluding hydrogens is 438 g/mol. The molecule has 0 radical (unpaired) electrons. The standard InChI is InChI=1S/C17H11.C5H5.CH2.2ClH.Zr/c1-3-7-14-12(5-1)9-10-16-15-8-4-2-6-13(15)11-17(14)16;1-2-4-5-3-1;;;;/h1-6,8-10H,11H2;1-5H;1H2;2*1H;/q2*-1;;;;+2/p-2. The van der Waals surface area contributed by atoms with E-state index in [2.05, 4.69) is 58.8 Å². The van der Waals surface area contributed by atoms with Crippen molar-refractivity contribution >= 4 is 15.0 Å². The molecule has 3 heteroatoms. The molecule has 0 atom stereocenters. The molecule has 0 bridgehead atoms. The van der Waals surface area contributed by atoms with Crippen molar-refractivity contribution in [3.05, 3.63) is 102 Å². The summed E-state index contributed by atoms with van der Waals surface area (Å²) in [7, 11) is 0. The molecule has 1 aliphatic carbocycles. The first-order valence-electron chi connectivity index (χ1n) is 7.96. The van der Waals surface area contributed by atoms with Crippen LogP contribution in [0.3, 0.4) is 0 Å². The van der Waals surface area contributed by atoms with Gasteiger partial charge in [-0.1, -0.05) is 42.0 Å². The van der Waals surface area contributed by atoms with E-state index in [0.29, 0.717) is 0 Å². The number of halogens is 2. The van der Waals surface area contributed by atoms with Gasteiger partial charge >= 0.3 is 28.4 Å². The molecule has 0 spiro atoms. The third-order valence-electron chi connectivity index (χ3n) is 4.18. The van der Waals surface area contributed by atoms with Crippen LogP contribution in [0.15, 0.2) is 84.9 Å². The van der Waals surface area contributed by atoms with Crippen molar-refractivity contribution < 1.29 is 49.0 Å². The molecule has 0 aromatic heterocycles. The normalized spacial score (nSPS) is 9.92. The van der Waals surface area contributed by atoms with Gasteiger partial charge in [0.1, 0.15) is 0 Å². The molecule has 4 aromatic rings. The van der Waals surface area contributed by atoms with E-state index >= 15 is 0 Å². The minimum atomic E-state index is 0. The van der Waals surface area contributed by atoms with Gasteiger partial charge in [-0.15, -0.1) is 40.6 Å². The minimum Gasteiger partial charge on any atom is -1.00 e. The fourth-order valence-electron chi connectivity index (χ4n) is 3.14. The van der Waals surface area contributed by atoms with Crippen LogP contribution < -0.4 is 24.8 Å². The molecule has 0 heterocycles. The quantitative estimate of drug-likeness (QED) is 0.278. The number of hydrogen-bond donors (Lipinski definition) is 0. The van der Waals surface area contributed by atoms with Gasteiger partial charge in [0.05, 0.1) is 0 Å². The summed E-state index contributed by atoms with van der Waals surface area (Å²) in [6.07, 6.45) is 1.04. The molecule has 0 amide bonds. The van der Waals surface area contributed by atoms with Crippen LogP contribution in [0.25, 0.3) is 21.9 Å². The smallest absolute Gasteiger partial charge is 0.0246 e. The van der Waals surface area contributed by atoms with Crippen molar-refractivity contribution in [2.24, 2.45) is 0 Å². The second-order valence-corrected chi connectivity index (χ2v) is 5.52. The topological polar surface area (TPSA) is 0 Å². The first kappa shape index (κ1) is 22.6. The Labute approximate surface area is 182 Å². The summed E-state index contributed by atoms with van der Waals surface area (Å²) in [4.78, 5) is 0. The largest absolute Gasteiger partial charge is 1.00 e. The summed E-state index contributed by atoms with van der Waals surface area (Å²) in [5.41, 5.74) is 5.65. The monoisotopic (exact) mass is 454 g/mol. The molecule has 1 aliphatic rings. The van der Waals surface area contributed by atoms with Crippen LogP contribution in [-0.2, 0) is 30.7 Å². The molecule has 0 unspecified atom stereocenters. The Kier molecular flexibility index (Phi) is 9.88. The fourth-order valence-corrected chi connectivity index (χ4v) is 3.14. The Morgan fingerprint density at radius 2 is 1.54 bits per heavy atom. The second kappa shape index (κ2) is 11.3. The molecule has 5 rings (SSSR count). The number of benzene rings is 3. The summed E-state index contributed by atoms with van der Waals surface area (Å²) in [6.45, 7) is 0. The summed E-state index contributed by atoms with van der Waals surface area (Å²) < 4.78 is 3.34. The first-order valence-corrected chi connectivity index (χ1v) is 9.70. The van der Waals surface area contributed by atoms with E-state index in [1.807, 2.05) is 36.4 Å². The second-order valence-electron chi connectivity index (χ2n) is 5.52. The van der Waals surface area contributed by atoms with Crippen molar-refractivity contribution in [2.75, 3.05) is 0 Å². The van der Waals surface area contributed by atoms with Gasteiger partial charge in [-0.05, 0) is 17.5 Å². The average molecular weight is 457 g/mol. The molecule has 0 saturated carbocycles. The summed E-state index contributed by atoms with van der Waals surface area (Å²) >= 11 is 1.30. The third kappa shape index (κ3) is 4.86. The van der Waals surface area contributed by atoms with Gasteiger partial charge in [0.2, 0.25) is 0 Å². The van der Waals surface area contributed by atoms with Crippen LogP contribution in [0, 0.1) is 6.07 Å². The maximum absolute atomic E-state index is 3.39. The molecule has 0 nitrogen and oxygen atoms in total. The third-order valence-corrected chi connectivity index (χ3v) is 4.18. The molecule has 4 aromatic carbocycles. The van der Waals surface area contributed by atoms with Crippen molar-refractivity contribution in [2.45, 2.75) is 6.42 Å². The number of rotatable bonds is 0. The molecule has 130 valence electrons. The van der Waals surface area contributed by atoms with Gasteiger partial charge in [0.15, 0.2) is 0 Å².